The van der Waals surface area contributed by atoms with Gasteiger partial charge in [0.1, 0.15) is 11.8 Å². The zero-order chi connectivity index (χ0) is 13.1. The fraction of sp³-hybridized carbons (Fsp3) is 0. The fourth-order valence-corrected chi connectivity index (χ4v) is 1.84. The molecule has 0 bridgehead atoms. The first-order valence-electron chi connectivity index (χ1n) is 5.94. The smallest absolute Gasteiger partial charge is 0.201 e. The van der Waals surface area contributed by atoms with Gasteiger partial charge in [0, 0.05) is 6.21 Å². The van der Waals surface area contributed by atoms with Gasteiger partial charge in [0.05, 0.1) is 16.6 Å². The number of nitrogens with zero attached hydrogens (tertiary/aromatic N) is 1. The van der Waals surface area contributed by atoms with Gasteiger partial charge in [-0.1, -0.05) is 30.3 Å². The van der Waals surface area contributed by atoms with Crippen LogP contribution in [0.25, 0.3) is 11.0 Å². The molecule has 19 heavy (non-hydrogen) atoms. The zero-order valence-electron chi connectivity index (χ0n) is 10.1. The Hall–Kier alpha value is -2.68. The van der Waals surface area contributed by atoms with Gasteiger partial charge in [-0.2, -0.15) is 0 Å². The van der Waals surface area contributed by atoms with Crippen LogP contribution < -0.4 is 5.43 Å². The molecule has 3 nitrogen and oxygen atoms in total. The maximum Gasteiger partial charge on any atom is 0.201 e. The van der Waals surface area contributed by atoms with Gasteiger partial charge >= 0.3 is 0 Å². The van der Waals surface area contributed by atoms with E-state index >= 15 is 0 Å². The highest BCUT2D eigenvalue weighted by atomic mass is 16.3. The maximum atomic E-state index is 12.2. The summed E-state index contributed by atoms with van der Waals surface area (Å²) >= 11 is 0. The summed E-state index contributed by atoms with van der Waals surface area (Å²) in [6, 6.07) is 16.6. The minimum atomic E-state index is -0.0680. The van der Waals surface area contributed by atoms with Gasteiger partial charge in [0.15, 0.2) is 0 Å². The van der Waals surface area contributed by atoms with Gasteiger partial charge < -0.3 is 4.42 Å². The summed E-state index contributed by atoms with van der Waals surface area (Å²) in [5.41, 5.74) is 1.77. The number of para-hydroxylation sites is 2. The van der Waals surface area contributed by atoms with E-state index in [2.05, 4.69) is 4.99 Å². The van der Waals surface area contributed by atoms with Crippen molar-refractivity contribution in [3.63, 3.8) is 0 Å². The third-order valence-electron chi connectivity index (χ3n) is 2.82. The molecule has 1 heterocycles. The number of hydrogen-bond acceptors (Lipinski definition) is 3. The Labute approximate surface area is 109 Å². The molecule has 0 aliphatic heterocycles. The highest BCUT2D eigenvalue weighted by Gasteiger charge is 2.03. The highest BCUT2D eigenvalue weighted by molar-refractivity contribution is 5.87. The van der Waals surface area contributed by atoms with Crippen LogP contribution in [-0.4, -0.2) is 6.21 Å². The van der Waals surface area contributed by atoms with Crippen LogP contribution in [0, 0.1) is 0 Å². The molecule has 0 saturated carbocycles. The molecule has 0 amide bonds. The fourth-order valence-electron chi connectivity index (χ4n) is 1.84. The summed E-state index contributed by atoms with van der Waals surface area (Å²) in [6.07, 6.45) is 2.98. The predicted octanol–water partition coefficient (Wildman–Crippen LogP) is 3.54. The monoisotopic (exact) mass is 249 g/mol. The van der Waals surface area contributed by atoms with Crippen LogP contribution in [0.3, 0.4) is 0 Å². The van der Waals surface area contributed by atoms with Crippen LogP contribution in [0.15, 0.2) is 75.1 Å². The van der Waals surface area contributed by atoms with Crippen molar-refractivity contribution in [1.82, 2.24) is 0 Å². The van der Waals surface area contributed by atoms with E-state index in [1.807, 2.05) is 42.5 Å². The summed E-state index contributed by atoms with van der Waals surface area (Å²) in [4.78, 5) is 16.5. The largest absolute Gasteiger partial charge is 0.463 e. The van der Waals surface area contributed by atoms with Crippen molar-refractivity contribution in [2.75, 3.05) is 0 Å². The zero-order valence-corrected chi connectivity index (χ0v) is 10.1. The van der Waals surface area contributed by atoms with Gasteiger partial charge in [-0.05, 0) is 24.3 Å². The molecular formula is C16H11NO2. The first-order valence-corrected chi connectivity index (χ1v) is 5.94. The lowest BCUT2D eigenvalue weighted by molar-refractivity contribution is 0.601. The molecule has 0 unspecified atom stereocenters. The molecule has 3 rings (SSSR count). The van der Waals surface area contributed by atoms with Gasteiger partial charge in [-0.3, -0.25) is 9.79 Å². The van der Waals surface area contributed by atoms with E-state index in [-0.39, 0.29) is 5.43 Å². The van der Waals surface area contributed by atoms with Crippen LogP contribution in [0.5, 0.6) is 0 Å². The summed E-state index contributed by atoms with van der Waals surface area (Å²) < 4.78 is 5.42. The summed E-state index contributed by atoms with van der Waals surface area (Å²) in [5, 5.41) is 0.569. The molecule has 2 aromatic carbocycles. The van der Waals surface area contributed by atoms with Crippen molar-refractivity contribution in [2.45, 2.75) is 0 Å². The Morgan fingerprint density at radius 3 is 2.53 bits per heavy atom. The van der Waals surface area contributed by atoms with Crippen molar-refractivity contribution in [3.05, 3.63) is 76.6 Å². The number of fused-ring (bicyclic) bond motifs is 1. The minimum absolute atomic E-state index is 0.0680. The minimum Gasteiger partial charge on any atom is -0.463 e. The third-order valence-corrected chi connectivity index (χ3v) is 2.82. The van der Waals surface area contributed by atoms with E-state index in [0.29, 0.717) is 16.5 Å². The second kappa shape index (κ2) is 4.90. The van der Waals surface area contributed by atoms with E-state index in [1.165, 1.54) is 12.5 Å². The lowest BCUT2D eigenvalue weighted by Gasteiger charge is -1.97. The van der Waals surface area contributed by atoms with Crippen LogP contribution >= 0.6 is 0 Å². The Balaban J connectivity index is 2.05. The van der Waals surface area contributed by atoms with Crippen molar-refractivity contribution in [3.8, 4) is 0 Å². The molecule has 0 aliphatic rings. The van der Waals surface area contributed by atoms with Crippen molar-refractivity contribution in [2.24, 2.45) is 4.99 Å². The van der Waals surface area contributed by atoms with Crippen molar-refractivity contribution in [1.29, 1.82) is 0 Å². The standard InChI is InChI=1S/C16H11NO2/c18-16-12(10-17-13-6-2-1-3-7-13)11-19-15-9-5-4-8-14(15)16/h1-11H. The number of aliphatic imine (C=N–C) groups is 1. The second-order valence-electron chi connectivity index (χ2n) is 4.11. The number of rotatable bonds is 2. The van der Waals surface area contributed by atoms with E-state index in [4.69, 9.17) is 4.42 Å². The SMILES string of the molecule is O=c1c(C=Nc2ccccc2)coc2ccccc12. The molecule has 92 valence electrons. The molecular weight excluding hydrogens is 238 g/mol. The van der Waals surface area contributed by atoms with Crippen molar-refractivity contribution >= 4 is 22.9 Å². The first kappa shape index (κ1) is 11.4. The molecule has 0 radical (unpaired) electrons. The Morgan fingerprint density at radius 1 is 0.947 bits per heavy atom. The average molecular weight is 249 g/mol. The van der Waals surface area contributed by atoms with Crippen LogP contribution in [0.4, 0.5) is 5.69 Å². The molecule has 3 aromatic rings. The average Bonchev–Trinajstić information content (AvgIpc) is 2.48. The molecule has 3 heteroatoms. The Kier molecular flexibility index (Phi) is 2.94. The Bertz CT molecular complexity index is 788. The normalized spacial score (nSPS) is 11.2. The summed E-state index contributed by atoms with van der Waals surface area (Å²) in [7, 11) is 0. The number of hydrogen-bond donors (Lipinski definition) is 0. The summed E-state index contributed by atoms with van der Waals surface area (Å²) in [6.45, 7) is 0. The quantitative estimate of drug-likeness (QED) is 0.652. The van der Waals surface area contributed by atoms with E-state index in [1.54, 1.807) is 12.1 Å². The van der Waals surface area contributed by atoms with Crippen molar-refractivity contribution < 1.29 is 4.42 Å². The molecule has 0 aliphatic carbocycles. The second-order valence-corrected chi connectivity index (χ2v) is 4.11. The van der Waals surface area contributed by atoms with Gasteiger partial charge in [-0.15, -0.1) is 0 Å². The topological polar surface area (TPSA) is 42.6 Å². The predicted molar refractivity (Wildman–Crippen MR) is 76.2 cm³/mol. The van der Waals surface area contributed by atoms with E-state index in [0.717, 1.165) is 5.69 Å². The maximum absolute atomic E-state index is 12.2. The lowest BCUT2D eigenvalue weighted by Crippen LogP contribution is -2.07. The van der Waals surface area contributed by atoms with E-state index in [9.17, 15) is 4.79 Å². The third kappa shape index (κ3) is 2.31. The van der Waals surface area contributed by atoms with Crippen LogP contribution in [0.1, 0.15) is 5.56 Å². The highest BCUT2D eigenvalue weighted by Crippen LogP contribution is 2.12. The van der Waals surface area contributed by atoms with Crippen LogP contribution in [0.2, 0.25) is 0 Å². The summed E-state index contributed by atoms with van der Waals surface area (Å²) in [5.74, 6) is 0. The number of benzene rings is 2. The van der Waals surface area contributed by atoms with Gasteiger partial charge in [0.2, 0.25) is 5.43 Å². The van der Waals surface area contributed by atoms with Crippen LogP contribution in [-0.2, 0) is 0 Å². The molecule has 0 atom stereocenters. The van der Waals surface area contributed by atoms with E-state index < -0.39 is 0 Å². The Morgan fingerprint density at radius 2 is 1.68 bits per heavy atom. The molecule has 0 fully saturated rings. The van der Waals surface area contributed by atoms with Gasteiger partial charge in [0.25, 0.3) is 0 Å². The lowest BCUT2D eigenvalue weighted by atomic mass is 10.2. The molecule has 1 aromatic heterocycles. The molecule has 0 saturated heterocycles. The van der Waals surface area contributed by atoms with Gasteiger partial charge in [-0.25, -0.2) is 0 Å². The first-order chi connectivity index (χ1) is 9.34. The molecule has 0 spiro atoms. The molecule has 0 N–H and O–H groups in total.